The van der Waals surface area contributed by atoms with Crippen molar-refractivity contribution < 1.29 is 0 Å². The highest BCUT2D eigenvalue weighted by atomic mass is 32.2. The van der Waals surface area contributed by atoms with Gasteiger partial charge in [-0.1, -0.05) is 48.2 Å². The maximum Gasteiger partial charge on any atom is 0.0962 e. The number of fused-ring (bicyclic) bond motifs is 2. The predicted molar refractivity (Wildman–Crippen MR) is 72.5 cm³/mol. The summed E-state index contributed by atoms with van der Waals surface area (Å²) < 4.78 is 0. The van der Waals surface area contributed by atoms with E-state index in [1.54, 1.807) is 0 Å². The Kier molecular flexibility index (Phi) is 1.86. The number of hydrogen-bond acceptors (Lipinski definition) is 2. The Morgan fingerprint density at radius 1 is 0.882 bits per heavy atom. The van der Waals surface area contributed by atoms with Crippen molar-refractivity contribution in [2.75, 3.05) is 5.32 Å². The molecule has 0 atom stereocenters. The molecule has 2 heteroatoms. The minimum absolute atomic E-state index is 0.174. The van der Waals surface area contributed by atoms with Crippen LogP contribution in [0.1, 0.15) is 11.1 Å². The van der Waals surface area contributed by atoms with Crippen molar-refractivity contribution in [2.45, 2.75) is 22.6 Å². The maximum absolute atomic E-state index is 3.72. The monoisotopic (exact) mass is 239 g/mol. The van der Waals surface area contributed by atoms with Crippen LogP contribution in [0.2, 0.25) is 0 Å². The lowest BCUT2D eigenvalue weighted by molar-refractivity contribution is 0.717. The molecule has 0 amide bonds. The lowest BCUT2D eigenvalue weighted by Crippen LogP contribution is -2.31. The summed E-state index contributed by atoms with van der Waals surface area (Å²) in [6, 6.07) is 17.4. The summed E-state index contributed by atoms with van der Waals surface area (Å²) in [5, 5.41) is 3.72. The standard InChI is InChI=1S/C15H13NS/c1-2-6-12-10-15(9-11(12)5-1)16-13-7-3-4-8-14(13)17-15/h1-8,16H,9-10H2. The lowest BCUT2D eigenvalue weighted by atomic mass is 10.1. The molecule has 1 heterocycles. The van der Waals surface area contributed by atoms with Gasteiger partial charge in [0.25, 0.3) is 0 Å². The van der Waals surface area contributed by atoms with Gasteiger partial charge in [-0.2, -0.15) is 0 Å². The average Bonchev–Trinajstić information content (AvgIpc) is 2.87. The molecule has 0 unspecified atom stereocenters. The van der Waals surface area contributed by atoms with Gasteiger partial charge in [0.05, 0.1) is 4.87 Å². The van der Waals surface area contributed by atoms with E-state index >= 15 is 0 Å². The summed E-state index contributed by atoms with van der Waals surface area (Å²) in [5.74, 6) is 0. The number of anilines is 1. The minimum atomic E-state index is 0.174. The molecule has 2 aromatic rings. The Bertz CT molecular complexity index is 484. The van der Waals surface area contributed by atoms with E-state index in [0.717, 1.165) is 12.8 Å². The Hall–Kier alpha value is -1.41. The minimum Gasteiger partial charge on any atom is -0.369 e. The molecule has 17 heavy (non-hydrogen) atoms. The van der Waals surface area contributed by atoms with Crippen molar-refractivity contribution in [1.82, 2.24) is 0 Å². The fourth-order valence-electron chi connectivity index (χ4n) is 2.88. The van der Waals surface area contributed by atoms with E-state index in [2.05, 4.69) is 53.8 Å². The zero-order valence-corrected chi connectivity index (χ0v) is 10.3. The number of nitrogens with one attached hydrogen (secondary N) is 1. The summed E-state index contributed by atoms with van der Waals surface area (Å²) in [6.07, 6.45) is 2.26. The van der Waals surface area contributed by atoms with Crippen LogP contribution < -0.4 is 5.32 Å². The lowest BCUT2D eigenvalue weighted by Gasteiger charge is -2.22. The van der Waals surface area contributed by atoms with Crippen LogP contribution in [0.3, 0.4) is 0 Å². The van der Waals surface area contributed by atoms with E-state index in [1.807, 2.05) is 11.8 Å². The van der Waals surface area contributed by atoms with Crippen molar-refractivity contribution >= 4 is 17.4 Å². The van der Waals surface area contributed by atoms with Crippen LogP contribution in [0, 0.1) is 0 Å². The third-order valence-corrected chi connectivity index (χ3v) is 4.98. The molecule has 1 spiro atoms. The quantitative estimate of drug-likeness (QED) is 0.752. The van der Waals surface area contributed by atoms with Gasteiger partial charge in [0.15, 0.2) is 0 Å². The van der Waals surface area contributed by atoms with E-state index in [4.69, 9.17) is 0 Å². The second kappa shape index (κ2) is 3.30. The number of thioether (sulfide) groups is 1. The van der Waals surface area contributed by atoms with Crippen LogP contribution in [0.5, 0.6) is 0 Å². The SMILES string of the molecule is c1ccc2c(c1)CC1(C2)Nc2ccccc2S1. The van der Waals surface area contributed by atoms with Gasteiger partial charge < -0.3 is 5.32 Å². The maximum atomic E-state index is 3.72. The van der Waals surface area contributed by atoms with Gasteiger partial charge >= 0.3 is 0 Å². The molecule has 0 saturated carbocycles. The third-order valence-electron chi connectivity index (χ3n) is 3.63. The molecule has 1 nitrogen and oxygen atoms in total. The Balaban J connectivity index is 1.72. The van der Waals surface area contributed by atoms with Crippen molar-refractivity contribution in [3.05, 3.63) is 59.7 Å². The summed E-state index contributed by atoms with van der Waals surface area (Å²) in [7, 11) is 0. The van der Waals surface area contributed by atoms with Gasteiger partial charge in [-0.25, -0.2) is 0 Å². The van der Waals surface area contributed by atoms with Crippen LogP contribution in [0.25, 0.3) is 0 Å². The fraction of sp³-hybridized carbons (Fsp3) is 0.200. The van der Waals surface area contributed by atoms with Gasteiger partial charge in [0.1, 0.15) is 0 Å². The number of para-hydroxylation sites is 1. The molecule has 0 radical (unpaired) electrons. The van der Waals surface area contributed by atoms with Crippen LogP contribution in [0.15, 0.2) is 53.4 Å². The van der Waals surface area contributed by atoms with Gasteiger partial charge in [0.2, 0.25) is 0 Å². The molecular weight excluding hydrogens is 226 g/mol. The van der Waals surface area contributed by atoms with Gasteiger partial charge in [-0.3, -0.25) is 0 Å². The molecule has 0 fully saturated rings. The molecule has 4 rings (SSSR count). The molecule has 84 valence electrons. The first-order chi connectivity index (χ1) is 8.35. The molecule has 1 N–H and O–H groups in total. The van der Waals surface area contributed by atoms with Crippen LogP contribution in [-0.4, -0.2) is 4.87 Å². The average molecular weight is 239 g/mol. The van der Waals surface area contributed by atoms with E-state index in [0.29, 0.717) is 0 Å². The molecular formula is C15H13NS. The molecule has 0 saturated heterocycles. The van der Waals surface area contributed by atoms with Gasteiger partial charge in [-0.05, 0) is 23.3 Å². The smallest absolute Gasteiger partial charge is 0.0962 e. The Labute approximate surface area is 105 Å². The summed E-state index contributed by atoms with van der Waals surface area (Å²) in [4.78, 5) is 1.56. The molecule has 2 aromatic carbocycles. The highest BCUT2D eigenvalue weighted by Gasteiger charge is 2.42. The largest absolute Gasteiger partial charge is 0.369 e. The van der Waals surface area contributed by atoms with Crippen molar-refractivity contribution in [2.24, 2.45) is 0 Å². The zero-order valence-electron chi connectivity index (χ0n) is 9.44. The zero-order chi connectivity index (χ0) is 11.3. The van der Waals surface area contributed by atoms with E-state index in [1.165, 1.54) is 21.7 Å². The van der Waals surface area contributed by atoms with Crippen LogP contribution in [0.4, 0.5) is 5.69 Å². The number of hydrogen-bond donors (Lipinski definition) is 1. The first kappa shape index (κ1) is 9.60. The van der Waals surface area contributed by atoms with E-state index in [9.17, 15) is 0 Å². The first-order valence-electron chi connectivity index (χ1n) is 5.98. The fourth-order valence-corrected chi connectivity index (χ4v) is 4.29. The van der Waals surface area contributed by atoms with Gasteiger partial charge in [0, 0.05) is 23.4 Å². The molecule has 1 aliphatic heterocycles. The second-order valence-electron chi connectivity index (χ2n) is 4.84. The third kappa shape index (κ3) is 1.40. The van der Waals surface area contributed by atoms with Crippen molar-refractivity contribution in [3.8, 4) is 0 Å². The first-order valence-corrected chi connectivity index (χ1v) is 6.79. The Morgan fingerprint density at radius 2 is 1.53 bits per heavy atom. The Morgan fingerprint density at radius 3 is 2.24 bits per heavy atom. The van der Waals surface area contributed by atoms with Gasteiger partial charge in [-0.15, -0.1) is 0 Å². The normalized spacial score (nSPS) is 18.8. The summed E-state index contributed by atoms with van der Waals surface area (Å²) in [6.45, 7) is 0. The van der Waals surface area contributed by atoms with Crippen molar-refractivity contribution in [3.63, 3.8) is 0 Å². The molecule has 1 aliphatic carbocycles. The second-order valence-corrected chi connectivity index (χ2v) is 6.27. The summed E-state index contributed by atoms with van der Waals surface area (Å²) >= 11 is 1.99. The number of benzene rings is 2. The number of rotatable bonds is 0. The predicted octanol–water partition coefficient (Wildman–Crippen LogP) is 3.70. The molecule has 0 aromatic heterocycles. The van der Waals surface area contributed by atoms with E-state index in [-0.39, 0.29) is 4.87 Å². The van der Waals surface area contributed by atoms with E-state index < -0.39 is 0 Å². The molecule has 0 bridgehead atoms. The van der Waals surface area contributed by atoms with Crippen LogP contribution in [-0.2, 0) is 12.8 Å². The highest BCUT2D eigenvalue weighted by Crippen LogP contribution is 2.51. The summed E-state index contributed by atoms with van der Waals surface area (Å²) in [5.41, 5.74) is 4.30. The molecule has 2 aliphatic rings. The highest BCUT2D eigenvalue weighted by molar-refractivity contribution is 8.01. The topological polar surface area (TPSA) is 12.0 Å². The van der Waals surface area contributed by atoms with Crippen LogP contribution >= 0.6 is 11.8 Å². The van der Waals surface area contributed by atoms with Crippen molar-refractivity contribution in [1.29, 1.82) is 0 Å².